The maximum atomic E-state index is 12.4. The van der Waals surface area contributed by atoms with E-state index in [0.717, 1.165) is 12.0 Å². The number of unbranched alkanes of at least 4 members (excludes halogenated alkanes) is 1. The molecule has 2 N–H and O–H groups in total. The van der Waals surface area contributed by atoms with Crippen molar-refractivity contribution in [3.8, 4) is 0 Å². The zero-order chi connectivity index (χ0) is 19.9. The van der Waals surface area contributed by atoms with Gasteiger partial charge in [-0.1, -0.05) is 43.7 Å². The Morgan fingerprint density at radius 1 is 1.04 bits per heavy atom. The molecule has 0 saturated heterocycles. The summed E-state index contributed by atoms with van der Waals surface area (Å²) < 4.78 is 24.3. The van der Waals surface area contributed by atoms with E-state index in [1.54, 1.807) is 24.3 Å². The van der Waals surface area contributed by atoms with Crippen molar-refractivity contribution in [3.05, 3.63) is 65.7 Å². The Labute approximate surface area is 159 Å². The standard InChI is InChI=1S/C20H23NO5S/c1-2-3-13-27(25,26)17-11-9-16(10-12-17)19(22)21-18(20(23)24)14-15-7-5-4-6-8-15/h4-12,18H,2-3,13-14H2,1H3,(H,21,22)(H,23,24)/t18-/m0/s1. The molecule has 6 nitrogen and oxygen atoms in total. The van der Waals surface area contributed by atoms with Gasteiger partial charge in [0.1, 0.15) is 6.04 Å². The molecule has 0 saturated carbocycles. The summed E-state index contributed by atoms with van der Waals surface area (Å²) in [5.74, 6) is -1.63. The Bertz CT molecular complexity index is 876. The van der Waals surface area contributed by atoms with E-state index in [0.29, 0.717) is 6.42 Å². The van der Waals surface area contributed by atoms with Crippen LogP contribution in [0.2, 0.25) is 0 Å². The Morgan fingerprint density at radius 3 is 2.22 bits per heavy atom. The zero-order valence-corrected chi connectivity index (χ0v) is 15.9. The van der Waals surface area contributed by atoms with Crippen LogP contribution in [0.1, 0.15) is 35.7 Å². The smallest absolute Gasteiger partial charge is 0.326 e. The van der Waals surface area contributed by atoms with Gasteiger partial charge in [0.05, 0.1) is 10.6 Å². The van der Waals surface area contributed by atoms with Gasteiger partial charge < -0.3 is 10.4 Å². The van der Waals surface area contributed by atoms with Gasteiger partial charge in [0.2, 0.25) is 0 Å². The summed E-state index contributed by atoms with van der Waals surface area (Å²) in [4.78, 5) is 24.0. The summed E-state index contributed by atoms with van der Waals surface area (Å²) in [6.07, 6.45) is 1.51. The van der Waals surface area contributed by atoms with Crippen LogP contribution in [0.5, 0.6) is 0 Å². The van der Waals surface area contributed by atoms with E-state index >= 15 is 0 Å². The maximum absolute atomic E-state index is 12.4. The summed E-state index contributed by atoms with van der Waals surface area (Å²) in [5, 5.41) is 11.9. The van der Waals surface area contributed by atoms with Gasteiger partial charge in [-0.3, -0.25) is 4.79 Å². The molecule has 0 spiro atoms. The first-order valence-corrected chi connectivity index (χ1v) is 10.4. The molecule has 0 aliphatic carbocycles. The van der Waals surface area contributed by atoms with Crippen molar-refractivity contribution in [2.24, 2.45) is 0 Å². The predicted molar refractivity (Wildman–Crippen MR) is 102 cm³/mol. The number of aliphatic carboxylic acids is 1. The number of sulfone groups is 1. The number of carboxylic acids is 1. The minimum absolute atomic E-state index is 0.0627. The van der Waals surface area contributed by atoms with Gasteiger partial charge in [-0.15, -0.1) is 0 Å². The van der Waals surface area contributed by atoms with Crippen LogP contribution < -0.4 is 5.32 Å². The molecule has 0 aliphatic rings. The molecular weight excluding hydrogens is 366 g/mol. The third kappa shape index (κ3) is 5.92. The van der Waals surface area contributed by atoms with Crippen LogP contribution in [0.3, 0.4) is 0 Å². The molecule has 0 aliphatic heterocycles. The zero-order valence-electron chi connectivity index (χ0n) is 15.1. The van der Waals surface area contributed by atoms with Gasteiger partial charge in [-0.2, -0.15) is 0 Å². The van der Waals surface area contributed by atoms with Gasteiger partial charge in [0, 0.05) is 12.0 Å². The Morgan fingerprint density at radius 2 is 1.67 bits per heavy atom. The molecule has 0 bridgehead atoms. The van der Waals surface area contributed by atoms with Crippen molar-refractivity contribution < 1.29 is 23.1 Å². The van der Waals surface area contributed by atoms with Crippen LogP contribution in [0.4, 0.5) is 0 Å². The summed E-state index contributed by atoms with van der Waals surface area (Å²) in [6.45, 7) is 1.91. The molecule has 0 unspecified atom stereocenters. The van der Waals surface area contributed by atoms with E-state index in [2.05, 4.69) is 5.32 Å². The van der Waals surface area contributed by atoms with Crippen LogP contribution >= 0.6 is 0 Å². The maximum Gasteiger partial charge on any atom is 0.326 e. The van der Waals surface area contributed by atoms with Gasteiger partial charge >= 0.3 is 5.97 Å². The normalized spacial score (nSPS) is 12.3. The lowest BCUT2D eigenvalue weighted by Gasteiger charge is -2.15. The van der Waals surface area contributed by atoms with E-state index in [-0.39, 0.29) is 22.6 Å². The molecule has 27 heavy (non-hydrogen) atoms. The van der Waals surface area contributed by atoms with Crippen molar-refractivity contribution in [1.82, 2.24) is 5.32 Å². The lowest BCUT2D eigenvalue weighted by Crippen LogP contribution is -2.42. The molecule has 2 aromatic rings. The quantitative estimate of drug-likeness (QED) is 0.687. The Hall–Kier alpha value is -2.67. The topological polar surface area (TPSA) is 101 Å². The van der Waals surface area contributed by atoms with Crippen molar-refractivity contribution in [2.75, 3.05) is 5.75 Å². The minimum Gasteiger partial charge on any atom is -0.480 e. The molecule has 0 aromatic heterocycles. The molecule has 144 valence electrons. The van der Waals surface area contributed by atoms with Crippen LogP contribution in [0.25, 0.3) is 0 Å². The fourth-order valence-corrected chi connectivity index (χ4v) is 4.01. The van der Waals surface area contributed by atoms with Crippen LogP contribution in [-0.2, 0) is 21.1 Å². The first kappa shape index (κ1) is 20.6. The van der Waals surface area contributed by atoms with Crippen LogP contribution in [-0.4, -0.2) is 37.2 Å². The van der Waals surface area contributed by atoms with E-state index in [1.165, 1.54) is 24.3 Å². The molecule has 0 heterocycles. The van der Waals surface area contributed by atoms with Crippen molar-refractivity contribution in [2.45, 2.75) is 37.1 Å². The lowest BCUT2D eigenvalue weighted by atomic mass is 10.1. The molecule has 2 rings (SSSR count). The summed E-state index contributed by atoms with van der Waals surface area (Å²) in [7, 11) is -3.37. The van der Waals surface area contributed by atoms with Crippen molar-refractivity contribution in [1.29, 1.82) is 0 Å². The molecular formula is C20H23NO5S. The molecule has 0 radical (unpaired) electrons. The van der Waals surface area contributed by atoms with Crippen molar-refractivity contribution >= 4 is 21.7 Å². The fraction of sp³-hybridized carbons (Fsp3) is 0.300. The Balaban J connectivity index is 2.08. The molecule has 1 amide bonds. The number of rotatable bonds is 9. The van der Waals surface area contributed by atoms with Crippen molar-refractivity contribution in [3.63, 3.8) is 0 Å². The first-order valence-electron chi connectivity index (χ1n) is 8.74. The minimum atomic E-state index is -3.37. The predicted octanol–water partition coefficient (Wildman–Crippen LogP) is 2.69. The summed E-state index contributed by atoms with van der Waals surface area (Å²) in [6, 6.07) is 13.5. The number of hydrogen-bond acceptors (Lipinski definition) is 4. The fourth-order valence-electron chi connectivity index (χ4n) is 2.56. The highest BCUT2D eigenvalue weighted by Crippen LogP contribution is 2.14. The van der Waals surface area contributed by atoms with Gasteiger partial charge in [-0.05, 0) is 36.2 Å². The van der Waals surface area contributed by atoms with E-state index in [1.807, 2.05) is 13.0 Å². The molecule has 1 atom stereocenters. The number of nitrogens with one attached hydrogen (secondary N) is 1. The number of carboxylic acid groups (broad SMARTS) is 1. The molecule has 2 aromatic carbocycles. The monoisotopic (exact) mass is 389 g/mol. The summed E-state index contributed by atoms with van der Waals surface area (Å²) in [5.41, 5.74) is 1.01. The lowest BCUT2D eigenvalue weighted by molar-refractivity contribution is -0.139. The highest BCUT2D eigenvalue weighted by atomic mass is 32.2. The van der Waals surface area contributed by atoms with Crippen LogP contribution in [0, 0.1) is 0 Å². The summed E-state index contributed by atoms with van der Waals surface area (Å²) >= 11 is 0. The number of amides is 1. The van der Waals surface area contributed by atoms with Crippen LogP contribution in [0.15, 0.2) is 59.5 Å². The largest absolute Gasteiger partial charge is 0.480 e. The van der Waals surface area contributed by atoms with Gasteiger partial charge in [0.15, 0.2) is 9.84 Å². The molecule has 0 fully saturated rings. The highest BCUT2D eigenvalue weighted by molar-refractivity contribution is 7.91. The third-order valence-corrected chi connectivity index (χ3v) is 5.94. The first-order chi connectivity index (χ1) is 12.8. The average Bonchev–Trinajstić information content (AvgIpc) is 2.66. The van der Waals surface area contributed by atoms with Gasteiger partial charge in [0.25, 0.3) is 5.91 Å². The van der Waals surface area contributed by atoms with Gasteiger partial charge in [-0.25, -0.2) is 13.2 Å². The number of carbonyl (C=O) groups excluding carboxylic acids is 1. The SMILES string of the molecule is CCCCS(=O)(=O)c1ccc(C(=O)N[C@@H](Cc2ccccc2)C(=O)O)cc1. The second kappa shape index (κ2) is 9.32. The molecule has 7 heteroatoms. The second-order valence-electron chi connectivity index (χ2n) is 6.25. The van der Waals surface area contributed by atoms with E-state index < -0.39 is 27.8 Å². The average molecular weight is 389 g/mol. The number of benzene rings is 2. The number of hydrogen-bond donors (Lipinski definition) is 2. The number of carbonyl (C=O) groups is 2. The second-order valence-corrected chi connectivity index (χ2v) is 8.36. The highest BCUT2D eigenvalue weighted by Gasteiger charge is 2.21. The Kier molecular flexibility index (Phi) is 7.12. The van der Waals surface area contributed by atoms with E-state index in [9.17, 15) is 23.1 Å². The third-order valence-electron chi connectivity index (χ3n) is 4.13. The van der Waals surface area contributed by atoms with E-state index in [4.69, 9.17) is 0 Å².